The summed E-state index contributed by atoms with van der Waals surface area (Å²) in [5.74, 6) is 1.70. The Labute approximate surface area is 157 Å². The molecule has 1 saturated heterocycles. The Morgan fingerprint density at radius 1 is 1.35 bits per heavy atom. The van der Waals surface area contributed by atoms with Gasteiger partial charge in [0.15, 0.2) is 5.96 Å². The fraction of sp³-hybridized carbons (Fsp3) is 0.550. The smallest absolute Gasteiger partial charge is 0.191 e. The van der Waals surface area contributed by atoms with Crippen LogP contribution in [0.5, 0.6) is 5.75 Å². The van der Waals surface area contributed by atoms with Crippen molar-refractivity contribution in [2.75, 3.05) is 46.9 Å². The van der Waals surface area contributed by atoms with Gasteiger partial charge in [-0.25, -0.2) is 0 Å². The van der Waals surface area contributed by atoms with Gasteiger partial charge in [-0.2, -0.15) is 0 Å². The van der Waals surface area contributed by atoms with Crippen LogP contribution in [0.15, 0.2) is 41.9 Å². The summed E-state index contributed by atoms with van der Waals surface area (Å²) < 4.78 is 11.1. The van der Waals surface area contributed by atoms with Gasteiger partial charge in [0.05, 0.1) is 20.3 Å². The molecule has 0 spiro atoms. The maximum absolute atomic E-state index is 5.75. The predicted molar refractivity (Wildman–Crippen MR) is 107 cm³/mol. The number of benzene rings is 1. The molecule has 6 heteroatoms. The normalized spacial score (nSPS) is 16.3. The number of likely N-dealkylation sites (tertiary alicyclic amines) is 1. The van der Waals surface area contributed by atoms with Crippen LogP contribution >= 0.6 is 0 Å². The molecule has 1 heterocycles. The molecule has 1 aromatic carbocycles. The van der Waals surface area contributed by atoms with Crippen LogP contribution in [0.4, 0.5) is 0 Å². The number of para-hydroxylation sites is 1. The molecule has 0 unspecified atom stereocenters. The summed E-state index contributed by atoms with van der Waals surface area (Å²) in [4.78, 5) is 6.73. The van der Waals surface area contributed by atoms with Crippen LogP contribution < -0.4 is 15.4 Å². The molecule has 0 bridgehead atoms. The molecule has 1 aliphatic rings. The van der Waals surface area contributed by atoms with E-state index in [1.165, 1.54) is 0 Å². The van der Waals surface area contributed by atoms with E-state index in [1.54, 1.807) is 14.2 Å². The summed E-state index contributed by atoms with van der Waals surface area (Å²) in [6, 6.07) is 8.39. The largest absolute Gasteiger partial charge is 0.496 e. The molecule has 1 aromatic rings. The number of guanidine groups is 1. The molecule has 2 N–H and O–H groups in total. The highest BCUT2D eigenvalue weighted by atomic mass is 16.5. The molecule has 144 valence electrons. The third-order valence-corrected chi connectivity index (χ3v) is 4.53. The van der Waals surface area contributed by atoms with Crippen molar-refractivity contribution in [2.45, 2.75) is 25.5 Å². The fourth-order valence-corrected chi connectivity index (χ4v) is 3.08. The quantitative estimate of drug-likeness (QED) is 0.305. The van der Waals surface area contributed by atoms with E-state index in [-0.39, 0.29) is 0 Å². The summed E-state index contributed by atoms with van der Waals surface area (Å²) in [6.07, 6.45) is 4.22. The Hall–Kier alpha value is -2.05. The van der Waals surface area contributed by atoms with Crippen molar-refractivity contribution in [3.63, 3.8) is 0 Å². The molecule has 0 atom stereocenters. The van der Waals surface area contributed by atoms with Gasteiger partial charge in [-0.15, -0.1) is 6.58 Å². The SMILES string of the molecule is C=CCN1CCC(NC(=NC)NCCOCc2ccccc2OC)CC1. The van der Waals surface area contributed by atoms with E-state index in [0.29, 0.717) is 25.8 Å². The molecule has 6 nitrogen and oxygen atoms in total. The number of hydrogen-bond acceptors (Lipinski definition) is 4. The fourth-order valence-electron chi connectivity index (χ4n) is 3.08. The van der Waals surface area contributed by atoms with Crippen molar-refractivity contribution in [3.8, 4) is 5.75 Å². The summed E-state index contributed by atoms with van der Waals surface area (Å²) in [5.41, 5.74) is 1.06. The van der Waals surface area contributed by atoms with Crippen LogP contribution in [0.3, 0.4) is 0 Å². The molecule has 2 rings (SSSR count). The van der Waals surface area contributed by atoms with Crippen LogP contribution in [0.1, 0.15) is 18.4 Å². The summed E-state index contributed by atoms with van der Waals surface area (Å²) in [6.45, 7) is 8.84. The molecular formula is C20H32N4O2. The van der Waals surface area contributed by atoms with Crippen LogP contribution in [0.2, 0.25) is 0 Å². The lowest BCUT2D eigenvalue weighted by Crippen LogP contribution is -2.49. The minimum Gasteiger partial charge on any atom is -0.496 e. The number of ether oxygens (including phenoxy) is 2. The zero-order valence-electron chi connectivity index (χ0n) is 16.0. The van der Waals surface area contributed by atoms with Gasteiger partial charge in [-0.3, -0.25) is 9.89 Å². The van der Waals surface area contributed by atoms with Gasteiger partial charge in [0.2, 0.25) is 0 Å². The first kappa shape index (κ1) is 20.3. The van der Waals surface area contributed by atoms with E-state index in [1.807, 2.05) is 30.3 Å². The van der Waals surface area contributed by atoms with Gasteiger partial charge in [-0.1, -0.05) is 24.3 Å². The summed E-state index contributed by atoms with van der Waals surface area (Å²) >= 11 is 0. The van der Waals surface area contributed by atoms with Crippen molar-refractivity contribution < 1.29 is 9.47 Å². The summed E-state index contributed by atoms with van der Waals surface area (Å²) in [7, 11) is 3.48. The highest BCUT2D eigenvalue weighted by Crippen LogP contribution is 2.17. The van der Waals surface area contributed by atoms with Gasteiger partial charge in [0.1, 0.15) is 5.75 Å². The standard InChI is InChI=1S/C20H32N4O2/c1-4-12-24-13-9-18(10-14-24)23-20(21-2)22-11-15-26-16-17-7-5-6-8-19(17)25-3/h4-8,18H,1,9-16H2,2-3H3,(H2,21,22,23). The average Bonchev–Trinajstić information content (AvgIpc) is 2.68. The number of nitrogens with zero attached hydrogens (tertiary/aromatic N) is 2. The summed E-state index contributed by atoms with van der Waals surface area (Å²) in [5, 5.41) is 6.83. The van der Waals surface area contributed by atoms with E-state index < -0.39 is 0 Å². The predicted octanol–water partition coefficient (Wildman–Crippen LogP) is 2.03. The molecular weight excluding hydrogens is 328 g/mol. The van der Waals surface area contributed by atoms with Crippen molar-refractivity contribution in [1.82, 2.24) is 15.5 Å². The molecule has 0 aromatic heterocycles. The van der Waals surface area contributed by atoms with Crippen LogP contribution in [0.25, 0.3) is 0 Å². The first-order chi connectivity index (χ1) is 12.8. The van der Waals surface area contributed by atoms with Crippen molar-refractivity contribution in [1.29, 1.82) is 0 Å². The molecule has 26 heavy (non-hydrogen) atoms. The zero-order chi connectivity index (χ0) is 18.6. The molecule has 1 fully saturated rings. The highest BCUT2D eigenvalue weighted by molar-refractivity contribution is 5.79. The van der Waals surface area contributed by atoms with Gasteiger partial charge in [0, 0.05) is 44.8 Å². The topological polar surface area (TPSA) is 58.1 Å². The number of rotatable bonds is 9. The Morgan fingerprint density at radius 2 is 2.12 bits per heavy atom. The minimum absolute atomic E-state index is 0.469. The van der Waals surface area contributed by atoms with Gasteiger partial charge in [0.25, 0.3) is 0 Å². The first-order valence-electron chi connectivity index (χ1n) is 9.27. The van der Waals surface area contributed by atoms with Crippen molar-refractivity contribution >= 4 is 5.96 Å². The molecule has 0 aliphatic carbocycles. The lowest BCUT2D eigenvalue weighted by atomic mass is 10.1. The van der Waals surface area contributed by atoms with E-state index in [0.717, 1.165) is 49.7 Å². The highest BCUT2D eigenvalue weighted by Gasteiger charge is 2.18. The van der Waals surface area contributed by atoms with E-state index in [4.69, 9.17) is 9.47 Å². The van der Waals surface area contributed by atoms with E-state index in [9.17, 15) is 0 Å². The third-order valence-electron chi connectivity index (χ3n) is 4.53. The maximum Gasteiger partial charge on any atom is 0.191 e. The maximum atomic E-state index is 5.75. The third kappa shape index (κ3) is 6.69. The van der Waals surface area contributed by atoms with Crippen molar-refractivity contribution in [3.05, 3.63) is 42.5 Å². The Bertz CT molecular complexity index is 569. The molecule has 1 aliphatic heterocycles. The van der Waals surface area contributed by atoms with Gasteiger partial charge >= 0.3 is 0 Å². The Morgan fingerprint density at radius 3 is 2.81 bits per heavy atom. The lowest BCUT2D eigenvalue weighted by Gasteiger charge is -2.32. The second-order valence-electron chi connectivity index (χ2n) is 6.37. The van der Waals surface area contributed by atoms with Crippen LogP contribution in [-0.4, -0.2) is 63.8 Å². The van der Waals surface area contributed by atoms with Gasteiger partial charge in [-0.05, 0) is 18.9 Å². The zero-order valence-corrected chi connectivity index (χ0v) is 16.0. The molecule has 0 amide bonds. The molecule has 0 radical (unpaired) electrons. The second-order valence-corrected chi connectivity index (χ2v) is 6.37. The van der Waals surface area contributed by atoms with Crippen molar-refractivity contribution in [2.24, 2.45) is 4.99 Å². The first-order valence-corrected chi connectivity index (χ1v) is 9.27. The number of hydrogen-bond donors (Lipinski definition) is 2. The Kier molecular flexibility index (Phi) is 9.00. The molecule has 0 saturated carbocycles. The Balaban J connectivity index is 1.62. The van der Waals surface area contributed by atoms with Gasteiger partial charge < -0.3 is 20.1 Å². The van der Waals surface area contributed by atoms with Crippen LogP contribution in [0, 0.1) is 0 Å². The number of aliphatic imine (C=N–C) groups is 1. The van der Waals surface area contributed by atoms with Crippen LogP contribution in [-0.2, 0) is 11.3 Å². The average molecular weight is 361 g/mol. The lowest BCUT2D eigenvalue weighted by molar-refractivity contribution is 0.123. The number of nitrogens with one attached hydrogen (secondary N) is 2. The number of piperidine rings is 1. The van der Waals surface area contributed by atoms with E-state index in [2.05, 4.69) is 27.1 Å². The second kappa shape index (κ2) is 11.5. The number of methoxy groups -OCH3 is 1. The monoisotopic (exact) mass is 360 g/mol. The minimum atomic E-state index is 0.469. The van der Waals surface area contributed by atoms with E-state index >= 15 is 0 Å².